The molecular formula is C13H20N2O. The van der Waals surface area contributed by atoms with E-state index in [2.05, 4.69) is 16.4 Å². The van der Waals surface area contributed by atoms with E-state index in [1.54, 1.807) is 0 Å². The number of aryl methyl sites for hydroxylation is 1. The van der Waals surface area contributed by atoms with Gasteiger partial charge in [-0.25, -0.2) is 0 Å². The van der Waals surface area contributed by atoms with Crippen molar-refractivity contribution in [3.8, 4) is 0 Å². The first-order valence-electron chi connectivity index (χ1n) is 6.03. The molecule has 3 nitrogen and oxygen atoms in total. The molecule has 0 aromatic carbocycles. The first kappa shape index (κ1) is 11.6. The average molecular weight is 220 g/mol. The van der Waals surface area contributed by atoms with Crippen LogP contribution in [0.4, 0.5) is 0 Å². The standard InChI is InChI=1S/C13H20N2O/c1-11-12(5-4-8-15-11)9-14-10-13(16)6-2-3-7-13/h4-5,8,14,16H,2-3,6-7,9-10H2,1H3. The number of pyridine rings is 1. The molecule has 1 heterocycles. The van der Waals surface area contributed by atoms with Crippen LogP contribution in [0.25, 0.3) is 0 Å². The molecule has 1 aromatic heterocycles. The summed E-state index contributed by atoms with van der Waals surface area (Å²) in [5, 5.41) is 13.5. The molecule has 0 amide bonds. The van der Waals surface area contributed by atoms with E-state index in [4.69, 9.17) is 0 Å². The lowest BCUT2D eigenvalue weighted by Crippen LogP contribution is -2.37. The predicted molar refractivity (Wildman–Crippen MR) is 64.1 cm³/mol. The maximum Gasteiger partial charge on any atom is 0.0771 e. The number of aliphatic hydroxyl groups is 1. The van der Waals surface area contributed by atoms with Crippen LogP contribution in [0.5, 0.6) is 0 Å². The molecule has 3 heteroatoms. The van der Waals surface area contributed by atoms with E-state index in [9.17, 15) is 5.11 Å². The lowest BCUT2D eigenvalue weighted by molar-refractivity contribution is 0.0474. The zero-order valence-electron chi connectivity index (χ0n) is 9.87. The summed E-state index contributed by atoms with van der Waals surface area (Å²) in [6.45, 7) is 3.50. The fourth-order valence-electron chi connectivity index (χ4n) is 2.34. The van der Waals surface area contributed by atoms with Crippen LogP contribution in [-0.2, 0) is 6.54 Å². The Morgan fingerprint density at radius 3 is 2.88 bits per heavy atom. The number of hydrogen-bond donors (Lipinski definition) is 2. The quantitative estimate of drug-likeness (QED) is 0.813. The molecule has 0 spiro atoms. The van der Waals surface area contributed by atoms with Crippen molar-refractivity contribution < 1.29 is 5.11 Å². The largest absolute Gasteiger partial charge is 0.389 e. The minimum Gasteiger partial charge on any atom is -0.389 e. The molecule has 2 rings (SSSR count). The van der Waals surface area contributed by atoms with E-state index in [1.807, 2.05) is 19.2 Å². The molecule has 16 heavy (non-hydrogen) atoms. The second-order valence-corrected chi connectivity index (χ2v) is 4.78. The molecule has 0 saturated heterocycles. The van der Waals surface area contributed by atoms with Crippen molar-refractivity contribution >= 4 is 0 Å². The van der Waals surface area contributed by atoms with Crippen LogP contribution in [0, 0.1) is 6.92 Å². The van der Waals surface area contributed by atoms with Crippen molar-refractivity contribution in [3.63, 3.8) is 0 Å². The smallest absolute Gasteiger partial charge is 0.0771 e. The van der Waals surface area contributed by atoms with Gasteiger partial charge in [-0.2, -0.15) is 0 Å². The first-order chi connectivity index (χ1) is 7.70. The molecule has 0 atom stereocenters. The predicted octanol–water partition coefficient (Wildman–Crippen LogP) is 1.78. The molecule has 1 aromatic rings. The van der Waals surface area contributed by atoms with Gasteiger partial charge in [-0.1, -0.05) is 18.9 Å². The summed E-state index contributed by atoms with van der Waals surface area (Å²) in [7, 11) is 0. The molecule has 1 saturated carbocycles. The highest BCUT2D eigenvalue weighted by atomic mass is 16.3. The number of nitrogens with one attached hydrogen (secondary N) is 1. The highest BCUT2D eigenvalue weighted by Gasteiger charge is 2.30. The van der Waals surface area contributed by atoms with Gasteiger partial charge in [-0.3, -0.25) is 4.98 Å². The van der Waals surface area contributed by atoms with Crippen molar-refractivity contribution in [1.29, 1.82) is 0 Å². The maximum atomic E-state index is 10.2. The van der Waals surface area contributed by atoms with Crippen molar-refractivity contribution in [2.75, 3.05) is 6.54 Å². The Bertz CT molecular complexity index is 346. The summed E-state index contributed by atoms with van der Waals surface area (Å²) >= 11 is 0. The van der Waals surface area contributed by atoms with Crippen LogP contribution in [0.3, 0.4) is 0 Å². The normalized spacial score (nSPS) is 18.9. The highest BCUT2D eigenvalue weighted by Crippen LogP contribution is 2.28. The monoisotopic (exact) mass is 220 g/mol. The van der Waals surface area contributed by atoms with Crippen LogP contribution in [0.2, 0.25) is 0 Å². The van der Waals surface area contributed by atoms with Gasteiger partial charge in [0.1, 0.15) is 0 Å². The van der Waals surface area contributed by atoms with Crippen LogP contribution in [-0.4, -0.2) is 22.2 Å². The lowest BCUT2D eigenvalue weighted by atomic mass is 10.0. The maximum absolute atomic E-state index is 10.2. The first-order valence-corrected chi connectivity index (χ1v) is 6.03. The molecule has 2 N–H and O–H groups in total. The van der Waals surface area contributed by atoms with E-state index in [-0.39, 0.29) is 0 Å². The third kappa shape index (κ3) is 2.80. The minimum absolute atomic E-state index is 0.462. The Morgan fingerprint density at radius 1 is 1.44 bits per heavy atom. The van der Waals surface area contributed by atoms with Crippen molar-refractivity contribution in [2.45, 2.75) is 44.8 Å². The zero-order chi connectivity index (χ0) is 11.4. The van der Waals surface area contributed by atoms with Gasteiger partial charge in [-0.15, -0.1) is 0 Å². The van der Waals surface area contributed by atoms with Crippen molar-refractivity contribution in [2.24, 2.45) is 0 Å². The number of nitrogens with zero attached hydrogens (tertiary/aromatic N) is 1. The molecule has 0 radical (unpaired) electrons. The lowest BCUT2D eigenvalue weighted by Gasteiger charge is -2.22. The fraction of sp³-hybridized carbons (Fsp3) is 0.615. The minimum atomic E-state index is -0.462. The van der Waals surface area contributed by atoms with Gasteiger partial charge in [0.2, 0.25) is 0 Å². The Labute approximate surface area is 96.9 Å². The Kier molecular flexibility index (Phi) is 3.56. The van der Waals surface area contributed by atoms with Crippen molar-refractivity contribution in [1.82, 2.24) is 10.3 Å². The van der Waals surface area contributed by atoms with Crippen LogP contribution in [0.15, 0.2) is 18.3 Å². The third-order valence-corrected chi connectivity index (χ3v) is 3.42. The molecular weight excluding hydrogens is 200 g/mol. The van der Waals surface area contributed by atoms with Gasteiger partial charge in [0.15, 0.2) is 0 Å². The Balaban J connectivity index is 1.82. The summed E-state index contributed by atoms with van der Waals surface area (Å²) in [6.07, 6.45) is 6.00. The molecule has 88 valence electrons. The number of rotatable bonds is 4. The molecule has 0 unspecified atom stereocenters. The summed E-state index contributed by atoms with van der Waals surface area (Å²) in [5.41, 5.74) is 1.81. The third-order valence-electron chi connectivity index (χ3n) is 3.42. The van der Waals surface area contributed by atoms with Gasteiger partial charge < -0.3 is 10.4 Å². The van der Waals surface area contributed by atoms with Crippen LogP contribution >= 0.6 is 0 Å². The van der Waals surface area contributed by atoms with E-state index in [0.29, 0.717) is 6.54 Å². The summed E-state index contributed by atoms with van der Waals surface area (Å²) < 4.78 is 0. The fourth-order valence-corrected chi connectivity index (χ4v) is 2.34. The average Bonchev–Trinajstić information content (AvgIpc) is 2.68. The van der Waals surface area contributed by atoms with E-state index in [1.165, 1.54) is 5.56 Å². The Morgan fingerprint density at radius 2 is 2.19 bits per heavy atom. The van der Waals surface area contributed by atoms with E-state index < -0.39 is 5.60 Å². The van der Waals surface area contributed by atoms with Gasteiger partial charge >= 0.3 is 0 Å². The van der Waals surface area contributed by atoms with Gasteiger partial charge in [-0.05, 0) is 31.4 Å². The number of hydrogen-bond acceptors (Lipinski definition) is 3. The molecule has 0 aliphatic heterocycles. The van der Waals surface area contributed by atoms with Gasteiger partial charge in [0, 0.05) is 25.0 Å². The molecule has 1 aliphatic rings. The summed E-state index contributed by atoms with van der Waals surface area (Å²) in [6, 6.07) is 4.03. The highest BCUT2D eigenvalue weighted by molar-refractivity contribution is 5.17. The van der Waals surface area contributed by atoms with Crippen molar-refractivity contribution in [3.05, 3.63) is 29.6 Å². The second-order valence-electron chi connectivity index (χ2n) is 4.78. The topological polar surface area (TPSA) is 45.2 Å². The summed E-state index contributed by atoms with van der Waals surface area (Å²) in [5.74, 6) is 0. The number of aromatic nitrogens is 1. The molecule has 1 aliphatic carbocycles. The van der Waals surface area contributed by atoms with Gasteiger partial charge in [0.25, 0.3) is 0 Å². The van der Waals surface area contributed by atoms with E-state index in [0.717, 1.165) is 37.9 Å². The van der Waals surface area contributed by atoms with E-state index >= 15 is 0 Å². The van der Waals surface area contributed by atoms with Gasteiger partial charge in [0.05, 0.1) is 5.60 Å². The molecule has 1 fully saturated rings. The van der Waals surface area contributed by atoms with Crippen LogP contribution < -0.4 is 5.32 Å². The second kappa shape index (κ2) is 4.93. The zero-order valence-corrected chi connectivity index (χ0v) is 9.87. The molecule has 0 bridgehead atoms. The summed E-state index contributed by atoms with van der Waals surface area (Å²) in [4.78, 5) is 4.24. The SMILES string of the molecule is Cc1ncccc1CNCC1(O)CCCC1. The Hall–Kier alpha value is -0.930. The van der Waals surface area contributed by atoms with Crippen LogP contribution in [0.1, 0.15) is 36.9 Å².